The van der Waals surface area contributed by atoms with Crippen molar-refractivity contribution < 1.29 is 4.92 Å². The lowest BCUT2D eigenvalue weighted by atomic mass is 10.5. The zero-order valence-electron chi connectivity index (χ0n) is 6.20. The van der Waals surface area contributed by atoms with Crippen LogP contribution in [0.25, 0.3) is 0 Å². The molecule has 0 fully saturated rings. The van der Waals surface area contributed by atoms with Crippen LogP contribution in [0.5, 0.6) is 0 Å². The molecule has 0 aliphatic carbocycles. The summed E-state index contributed by atoms with van der Waals surface area (Å²) in [5.74, 6) is 0.403. The Morgan fingerprint density at radius 1 is 1.75 bits per heavy atom. The van der Waals surface area contributed by atoms with Gasteiger partial charge in [-0.1, -0.05) is 12.2 Å². The summed E-state index contributed by atoms with van der Waals surface area (Å²) in [5.41, 5.74) is 4.98. The molecule has 0 amide bonds. The summed E-state index contributed by atoms with van der Waals surface area (Å²) < 4.78 is -0.0891. The molecule has 1 aromatic rings. The van der Waals surface area contributed by atoms with E-state index in [0.717, 1.165) is 0 Å². The van der Waals surface area contributed by atoms with Crippen LogP contribution < -0.4 is 5.73 Å². The fraction of sp³-hybridized carbons (Fsp3) is 0.200. The van der Waals surface area contributed by atoms with Gasteiger partial charge in [-0.05, 0) is 6.92 Å². The summed E-state index contributed by atoms with van der Waals surface area (Å²) in [7, 11) is 0. The Morgan fingerprint density at radius 2 is 2.33 bits per heavy atom. The van der Waals surface area contributed by atoms with Crippen LogP contribution in [-0.2, 0) is 0 Å². The van der Waals surface area contributed by atoms with Crippen LogP contribution >= 0.6 is 12.2 Å². The van der Waals surface area contributed by atoms with Crippen LogP contribution in [0.15, 0.2) is 0 Å². The van der Waals surface area contributed by atoms with E-state index in [4.69, 9.17) is 5.73 Å². The van der Waals surface area contributed by atoms with Gasteiger partial charge < -0.3 is 10.7 Å². The highest BCUT2D eigenvalue weighted by atomic mass is 32.1. The third-order valence-corrected chi connectivity index (χ3v) is 1.51. The van der Waals surface area contributed by atoms with Crippen molar-refractivity contribution in [2.24, 2.45) is 0 Å². The minimum absolute atomic E-state index is 0.0579. The van der Waals surface area contributed by atoms with E-state index >= 15 is 0 Å². The Hall–Kier alpha value is -1.50. The molecule has 1 heterocycles. The molecule has 0 radical (unpaired) electrons. The summed E-state index contributed by atoms with van der Waals surface area (Å²) >= 11 is 4.65. The van der Waals surface area contributed by atoms with E-state index in [-0.39, 0.29) is 16.1 Å². The van der Waals surface area contributed by atoms with Crippen LogP contribution in [0.2, 0.25) is 0 Å². The van der Waals surface area contributed by atoms with Gasteiger partial charge in [-0.3, -0.25) is 10.1 Å². The first-order chi connectivity index (χ1) is 5.52. The molecule has 1 rings (SSSR count). The topological polar surface area (TPSA) is 97.8 Å². The standard InChI is InChI=1S/C5H6N4O2S/c1-2-7-4(6)3(9(10)11)5(12)8-2/h1H3,(H3,6,7,8,12). The van der Waals surface area contributed by atoms with E-state index in [2.05, 4.69) is 22.2 Å². The van der Waals surface area contributed by atoms with E-state index < -0.39 is 4.92 Å². The number of aryl methyl sites for hydroxylation is 1. The number of nitrogens with two attached hydrogens (primary N) is 1. The number of nitro groups is 1. The van der Waals surface area contributed by atoms with Gasteiger partial charge in [0.2, 0.25) is 4.64 Å². The third kappa shape index (κ3) is 1.40. The molecule has 0 bridgehead atoms. The molecular formula is C5H6N4O2S. The first kappa shape index (κ1) is 8.60. The number of nitrogens with one attached hydrogen (secondary N) is 1. The summed E-state index contributed by atoms with van der Waals surface area (Å²) in [5, 5.41) is 10.4. The molecule has 0 aromatic carbocycles. The second-order valence-corrected chi connectivity index (χ2v) is 2.53. The van der Waals surface area contributed by atoms with Crippen molar-refractivity contribution in [3.8, 4) is 0 Å². The number of nitrogen functional groups attached to an aromatic ring is 1. The lowest BCUT2D eigenvalue weighted by Crippen LogP contribution is -2.02. The smallest absolute Gasteiger partial charge is 0.345 e. The van der Waals surface area contributed by atoms with Crippen LogP contribution in [0.3, 0.4) is 0 Å². The number of anilines is 1. The van der Waals surface area contributed by atoms with Gasteiger partial charge in [-0.15, -0.1) is 0 Å². The van der Waals surface area contributed by atoms with Crippen molar-refractivity contribution in [3.05, 3.63) is 20.6 Å². The van der Waals surface area contributed by atoms with Gasteiger partial charge in [-0.2, -0.15) is 0 Å². The van der Waals surface area contributed by atoms with Crippen LogP contribution in [-0.4, -0.2) is 14.9 Å². The minimum atomic E-state index is -0.652. The molecular weight excluding hydrogens is 180 g/mol. The number of H-pyrrole nitrogens is 1. The molecule has 12 heavy (non-hydrogen) atoms. The van der Waals surface area contributed by atoms with Gasteiger partial charge in [0.25, 0.3) is 0 Å². The van der Waals surface area contributed by atoms with Crippen LogP contribution in [0.4, 0.5) is 11.5 Å². The predicted octanol–water partition coefficient (Wildman–Crippen LogP) is 0.938. The van der Waals surface area contributed by atoms with E-state index in [0.29, 0.717) is 5.82 Å². The molecule has 0 unspecified atom stereocenters. The molecule has 0 spiro atoms. The quantitative estimate of drug-likeness (QED) is 0.386. The largest absolute Gasteiger partial charge is 0.379 e. The summed E-state index contributed by atoms with van der Waals surface area (Å²) in [6.07, 6.45) is 0. The molecule has 64 valence electrons. The van der Waals surface area contributed by atoms with E-state index in [9.17, 15) is 10.1 Å². The predicted molar refractivity (Wildman–Crippen MR) is 45.2 cm³/mol. The average molecular weight is 186 g/mol. The van der Waals surface area contributed by atoms with Gasteiger partial charge in [0.15, 0.2) is 5.82 Å². The maximum absolute atomic E-state index is 10.4. The Balaban J connectivity index is 3.49. The van der Waals surface area contributed by atoms with E-state index in [1.165, 1.54) is 0 Å². The molecule has 0 saturated carbocycles. The Bertz CT molecular complexity index is 386. The highest BCUT2D eigenvalue weighted by molar-refractivity contribution is 7.71. The normalized spacial score (nSPS) is 9.75. The maximum atomic E-state index is 10.4. The zero-order valence-corrected chi connectivity index (χ0v) is 7.01. The molecule has 3 N–H and O–H groups in total. The number of nitrogens with zero attached hydrogens (tertiary/aromatic N) is 2. The van der Waals surface area contributed by atoms with E-state index in [1.54, 1.807) is 6.92 Å². The van der Waals surface area contributed by atoms with Crippen molar-refractivity contribution >= 4 is 23.7 Å². The molecule has 1 aromatic heterocycles. The first-order valence-electron chi connectivity index (χ1n) is 3.03. The van der Waals surface area contributed by atoms with Gasteiger partial charge >= 0.3 is 5.69 Å². The average Bonchev–Trinajstić information content (AvgIpc) is 1.82. The SMILES string of the molecule is Cc1nc(=S)c([N+](=O)[O-])c(N)[nH]1. The monoisotopic (exact) mass is 186 g/mol. The number of aromatic nitrogens is 2. The van der Waals surface area contributed by atoms with Crippen molar-refractivity contribution in [2.75, 3.05) is 5.73 Å². The maximum Gasteiger partial charge on any atom is 0.345 e. The molecule has 6 nitrogen and oxygen atoms in total. The summed E-state index contributed by atoms with van der Waals surface area (Å²) in [6.45, 7) is 1.62. The van der Waals surface area contributed by atoms with Gasteiger partial charge in [0, 0.05) is 0 Å². The summed E-state index contributed by atoms with van der Waals surface area (Å²) in [6, 6.07) is 0. The second-order valence-electron chi connectivity index (χ2n) is 2.15. The van der Waals surface area contributed by atoms with Crippen molar-refractivity contribution in [1.29, 1.82) is 0 Å². The van der Waals surface area contributed by atoms with Crippen LogP contribution in [0, 0.1) is 21.7 Å². The number of rotatable bonds is 1. The van der Waals surface area contributed by atoms with Gasteiger partial charge in [-0.25, -0.2) is 4.98 Å². The molecule has 0 aliphatic rings. The number of hydrogen-bond acceptors (Lipinski definition) is 5. The lowest BCUT2D eigenvalue weighted by Gasteiger charge is -1.97. The Kier molecular flexibility index (Phi) is 2.05. The fourth-order valence-corrected chi connectivity index (χ4v) is 1.10. The zero-order chi connectivity index (χ0) is 9.30. The second kappa shape index (κ2) is 2.86. The van der Waals surface area contributed by atoms with Crippen molar-refractivity contribution in [2.45, 2.75) is 6.92 Å². The lowest BCUT2D eigenvalue weighted by molar-refractivity contribution is -0.385. The van der Waals surface area contributed by atoms with Crippen molar-refractivity contribution in [1.82, 2.24) is 9.97 Å². The first-order valence-corrected chi connectivity index (χ1v) is 3.44. The summed E-state index contributed by atoms with van der Waals surface area (Å²) in [4.78, 5) is 15.9. The van der Waals surface area contributed by atoms with Crippen LogP contribution in [0.1, 0.15) is 5.82 Å². The minimum Gasteiger partial charge on any atom is -0.379 e. The number of hydrogen-bond donors (Lipinski definition) is 2. The third-order valence-electron chi connectivity index (χ3n) is 1.23. The molecule has 0 saturated heterocycles. The molecule has 0 atom stereocenters. The Morgan fingerprint density at radius 3 is 2.75 bits per heavy atom. The van der Waals surface area contributed by atoms with Gasteiger partial charge in [0.05, 0.1) is 4.92 Å². The molecule has 7 heteroatoms. The highest BCUT2D eigenvalue weighted by Crippen LogP contribution is 2.18. The van der Waals surface area contributed by atoms with Gasteiger partial charge in [0.1, 0.15) is 5.82 Å². The van der Waals surface area contributed by atoms with E-state index in [1.807, 2.05) is 0 Å². The Labute approximate surface area is 72.6 Å². The number of aromatic amines is 1. The fourth-order valence-electron chi connectivity index (χ4n) is 0.779. The highest BCUT2D eigenvalue weighted by Gasteiger charge is 2.15. The van der Waals surface area contributed by atoms with Crippen molar-refractivity contribution in [3.63, 3.8) is 0 Å². The molecule has 0 aliphatic heterocycles.